The lowest BCUT2D eigenvalue weighted by molar-refractivity contribution is -0.0756. The normalized spacial score (nSPS) is 18.1. The van der Waals surface area contributed by atoms with Crippen LogP contribution >= 0.6 is 0 Å². The molecule has 1 N–H and O–H groups in total. The molecule has 0 amide bonds. The number of benzene rings is 1. The SMILES string of the molecule is CC(C)(C)c1ccc(Cn2nnnc2C2(O)CCOCC2)cc1. The predicted octanol–water partition coefficient (Wildman–Crippen LogP) is 2.02. The average Bonchev–Trinajstić information content (AvgIpc) is 2.97. The van der Waals surface area contributed by atoms with Crippen molar-refractivity contribution in [1.29, 1.82) is 0 Å². The zero-order valence-corrected chi connectivity index (χ0v) is 14.0. The van der Waals surface area contributed by atoms with Crippen LogP contribution in [0.2, 0.25) is 0 Å². The summed E-state index contributed by atoms with van der Waals surface area (Å²) in [7, 11) is 0. The molecule has 6 heteroatoms. The van der Waals surface area contributed by atoms with E-state index in [4.69, 9.17) is 4.74 Å². The second-order valence-corrected chi connectivity index (χ2v) is 7.25. The first-order valence-electron chi connectivity index (χ1n) is 8.05. The highest BCUT2D eigenvalue weighted by Gasteiger charge is 2.37. The first-order chi connectivity index (χ1) is 10.9. The lowest BCUT2D eigenvalue weighted by Gasteiger charge is -2.30. The van der Waals surface area contributed by atoms with Crippen LogP contribution in [0.4, 0.5) is 0 Å². The molecule has 1 fully saturated rings. The van der Waals surface area contributed by atoms with E-state index >= 15 is 0 Å². The maximum Gasteiger partial charge on any atom is 0.183 e. The van der Waals surface area contributed by atoms with Gasteiger partial charge in [0.2, 0.25) is 0 Å². The van der Waals surface area contributed by atoms with Crippen molar-refractivity contribution in [3.8, 4) is 0 Å². The summed E-state index contributed by atoms with van der Waals surface area (Å²) in [5.74, 6) is 0.528. The van der Waals surface area contributed by atoms with Crippen molar-refractivity contribution in [2.45, 2.75) is 51.2 Å². The van der Waals surface area contributed by atoms with Gasteiger partial charge in [0.05, 0.1) is 6.54 Å². The van der Waals surface area contributed by atoms with Gasteiger partial charge in [-0.25, -0.2) is 4.68 Å². The second-order valence-electron chi connectivity index (χ2n) is 7.25. The molecule has 0 spiro atoms. The minimum absolute atomic E-state index is 0.135. The maximum absolute atomic E-state index is 10.8. The highest BCUT2D eigenvalue weighted by atomic mass is 16.5. The Morgan fingerprint density at radius 1 is 1.17 bits per heavy atom. The van der Waals surface area contributed by atoms with Crippen LogP contribution in [0.5, 0.6) is 0 Å². The van der Waals surface area contributed by atoms with Crippen molar-refractivity contribution < 1.29 is 9.84 Å². The summed E-state index contributed by atoms with van der Waals surface area (Å²) in [6.07, 6.45) is 1.05. The molecule has 23 heavy (non-hydrogen) atoms. The number of hydrogen-bond donors (Lipinski definition) is 1. The molecule has 0 saturated carbocycles. The van der Waals surface area contributed by atoms with Crippen LogP contribution in [-0.4, -0.2) is 38.5 Å². The smallest absolute Gasteiger partial charge is 0.183 e. The largest absolute Gasteiger partial charge is 0.382 e. The zero-order chi connectivity index (χ0) is 16.5. The van der Waals surface area contributed by atoms with Gasteiger partial charge in [0.25, 0.3) is 0 Å². The molecule has 6 nitrogen and oxygen atoms in total. The minimum atomic E-state index is -0.993. The standard InChI is InChI=1S/C17H24N4O2/c1-16(2,3)14-6-4-13(5-7-14)12-21-15(18-19-20-21)17(22)8-10-23-11-9-17/h4-7,22H,8-12H2,1-3H3. The van der Waals surface area contributed by atoms with Crippen LogP contribution in [0.15, 0.2) is 24.3 Å². The molecule has 0 atom stereocenters. The summed E-state index contributed by atoms with van der Waals surface area (Å²) in [4.78, 5) is 0. The van der Waals surface area contributed by atoms with Crippen molar-refractivity contribution in [3.05, 3.63) is 41.2 Å². The van der Waals surface area contributed by atoms with Crippen molar-refractivity contribution in [3.63, 3.8) is 0 Å². The molecule has 2 heterocycles. The Bertz CT molecular complexity index is 652. The van der Waals surface area contributed by atoms with Gasteiger partial charge in [0.15, 0.2) is 5.82 Å². The summed E-state index contributed by atoms with van der Waals surface area (Å²) >= 11 is 0. The van der Waals surface area contributed by atoms with Crippen LogP contribution < -0.4 is 0 Å². The second kappa shape index (κ2) is 6.02. The molecule has 0 aliphatic carbocycles. The van der Waals surface area contributed by atoms with E-state index in [0.717, 1.165) is 5.56 Å². The average molecular weight is 316 g/mol. The molecule has 3 rings (SSSR count). The van der Waals surface area contributed by atoms with Crippen LogP contribution in [0.3, 0.4) is 0 Å². The molecule has 1 saturated heterocycles. The van der Waals surface area contributed by atoms with Gasteiger partial charge in [-0.2, -0.15) is 0 Å². The summed E-state index contributed by atoms with van der Waals surface area (Å²) in [6.45, 7) is 8.20. The summed E-state index contributed by atoms with van der Waals surface area (Å²) in [5, 5.41) is 22.7. The number of aromatic nitrogens is 4. The summed E-state index contributed by atoms with van der Waals surface area (Å²) in [6, 6.07) is 8.48. The van der Waals surface area contributed by atoms with Gasteiger partial charge < -0.3 is 9.84 Å². The Labute approximate surface area is 136 Å². The molecule has 1 aromatic heterocycles. The van der Waals surface area contributed by atoms with Crippen LogP contribution in [0.1, 0.15) is 50.6 Å². The van der Waals surface area contributed by atoms with E-state index in [0.29, 0.717) is 38.4 Å². The highest BCUT2D eigenvalue weighted by Crippen LogP contribution is 2.30. The molecular formula is C17H24N4O2. The van der Waals surface area contributed by atoms with Gasteiger partial charge in [-0.1, -0.05) is 45.0 Å². The zero-order valence-electron chi connectivity index (χ0n) is 14.0. The van der Waals surface area contributed by atoms with E-state index in [9.17, 15) is 5.11 Å². The van der Waals surface area contributed by atoms with Crippen molar-refractivity contribution in [2.24, 2.45) is 0 Å². The van der Waals surface area contributed by atoms with Gasteiger partial charge in [-0.15, -0.1) is 5.10 Å². The number of nitrogens with zero attached hydrogens (tertiary/aromatic N) is 4. The predicted molar refractivity (Wildman–Crippen MR) is 86.0 cm³/mol. The Balaban J connectivity index is 1.80. The number of hydrogen-bond acceptors (Lipinski definition) is 5. The Morgan fingerprint density at radius 2 is 1.83 bits per heavy atom. The Hall–Kier alpha value is -1.79. The molecule has 1 aromatic carbocycles. The quantitative estimate of drug-likeness (QED) is 0.938. The van der Waals surface area contributed by atoms with Crippen molar-refractivity contribution >= 4 is 0 Å². The number of tetrazole rings is 1. The number of ether oxygens (including phenoxy) is 1. The van der Waals surface area contributed by atoms with E-state index in [2.05, 4.69) is 60.6 Å². The first-order valence-corrected chi connectivity index (χ1v) is 8.05. The molecule has 0 bridgehead atoms. The molecule has 2 aromatic rings. The van der Waals surface area contributed by atoms with Gasteiger partial charge in [0, 0.05) is 26.1 Å². The fourth-order valence-corrected chi connectivity index (χ4v) is 2.86. The third kappa shape index (κ3) is 3.43. The fourth-order valence-electron chi connectivity index (χ4n) is 2.86. The Morgan fingerprint density at radius 3 is 2.43 bits per heavy atom. The fraction of sp³-hybridized carbons (Fsp3) is 0.588. The third-order valence-corrected chi connectivity index (χ3v) is 4.42. The molecule has 1 aliphatic heterocycles. The molecular weight excluding hydrogens is 292 g/mol. The van der Waals surface area contributed by atoms with Gasteiger partial charge in [0.1, 0.15) is 5.60 Å². The number of rotatable bonds is 3. The number of aliphatic hydroxyl groups is 1. The van der Waals surface area contributed by atoms with E-state index in [-0.39, 0.29) is 5.41 Å². The van der Waals surface area contributed by atoms with E-state index in [1.165, 1.54) is 5.56 Å². The molecule has 0 unspecified atom stereocenters. The minimum Gasteiger partial charge on any atom is -0.382 e. The van der Waals surface area contributed by atoms with Crippen molar-refractivity contribution in [2.75, 3.05) is 13.2 Å². The maximum atomic E-state index is 10.8. The summed E-state index contributed by atoms with van der Waals surface area (Å²) in [5.41, 5.74) is 1.55. The summed E-state index contributed by atoms with van der Waals surface area (Å²) < 4.78 is 7.02. The lowest BCUT2D eigenvalue weighted by atomic mass is 9.87. The molecule has 1 aliphatic rings. The molecule has 0 radical (unpaired) electrons. The van der Waals surface area contributed by atoms with Crippen LogP contribution in [0, 0.1) is 0 Å². The topological polar surface area (TPSA) is 73.1 Å². The van der Waals surface area contributed by atoms with Gasteiger partial charge in [-0.3, -0.25) is 0 Å². The van der Waals surface area contributed by atoms with E-state index < -0.39 is 5.60 Å². The highest BCUT2D eigenvalue weighted by molar-refractivity contribution is 5.27. The molecule has 124 valence electrons. The van der Waals surface area contributed by atoms with E-state index in [1.807, 2.05) is 0 Å². The third-order valence-electron chi connectivity index (χ3n) is 4.42. The van der Waals surface area contributed by atoms with E-state index in [1.54, 1.807) is 4.68 Å². The Kier molecular flexibility index (Phi) is 4.21. The van der Waals surface area contributed by atoms with Gasteiger partial charge >= 0.3 is 0 Å². The van der Waals surface area contributed by atoms with Gasteiger partial charge in [-0.05, 0) is 27.0 Å². The monoisotopic (exact) mass is 316 g/mol. The van der Waals surface area contributed by atoms with Crippen molar-refractivity contribution in [1.82, 2.24) is 20.2 Å². The lowest BCUT2D eigenvalue weighted by Crippen LogP contribution is -2.36. The van der Waals surface area contributed by atoms with Crippen LogP contribution in [0.25, 0.3) is 0 Å². The first kappa shape index (κ1) is 16.1. The van der Waals surface area contributed by atoms with Crippen LogP contribution in [-0.2, 0) is 22.3 Å².